The van der Waals surface area contributed by atoms with Crippen molar-refractivity contribution in [2.24, 2.45) is 0 Å². The van der Waals surface area contributed by atoms with Crippen molar-refractivity contribution in [2.75, 3.05) is 0 Å². The van der Waals surface area contributed by atoms with Crippen LogP contribution in [0.5, 0.6) is 0 Å². The van der Waals surface area contributed by atoms with Crippen molar-refractivity contribution >= 4 is 30.4 Å². The molecule has 0 aliphatic heterocycles. The van der Waals surface area contributed by atoms with E-state index in [1.165, 1.54) is 103 Å². The Hall–Kier alpha value is 1.02. The van der Waals surface area contributed by atoms with Gasteiger partial charge in [-0.2, -0.15) is 0 Å². The van der Waals surface area contributed by atoms with Gasteiger partial charge in [0.25, 0.3) is 0 Å². The van der Waals surface area contributed by atoms with E-state index in [4.69, 9.17) is 0 Å². The van der Waals surface area contributed by atoms with Crippen molar-refractivity contribution < 1.29 is 5.48 Å². The van der Waals surface area contributed by atoms with Gasteiger partial charge >= 0.3 is 182 Å². The Labute approximate surface area is 187 Å². The van der Waals surface area contributed by atoms with Crippen LogP contribution >= 0.6 is 0 Å². The molecule has 0 rings (SSSR count). The molecule has 0 fully saturated rings. The first-order valence-electron chi connectivity index (χ1n) is 12.5. The summed E-state index contributed by atoms with van der Waals surface area (Å²) in [7, 11) is 0. The summed E-state index contributed by atoms with van der Waals surface area (Å²) in [6, 6.07) is 0. The van der Waals surface area contributed by atoms with E-state index in [1.807, 2.05) is 0 Å². The van der Waals surface area contributed by atoms with Gasteiger partial charge in [0.1, 0.15) is 0 Å². The maximum Gasteiger partial charge on any atom is -2.00 e. The molecule has 0 atom stereocenters. The van der Waals surface area contributed by atoms with E-state index >= 15 is 0 Å². The minimum Gasteiger partial charge on any atom is -2.00 e. The molecule has 0 aliphatic carbocycles. The molecule has 0 aromatic heterocycles. The van der Waals surface area contributed by atoms with Crippen LogP contribution in [0.15, 0.2) is 0 Å². The fourth-order valence-corrected chi connectivity index (χ4v) is 6.04. The van der Waals surface area contributed by atoms with Crippen molar-refractivity contribution in [3.63, 3.8) is 0 Å². The molecule has 0 amide bonds. The summed E-state index contributed by atoms with van der Waals surface area (Å²) >= 11 is 1.61. The summed E-state index contributed by atoms with van der Waals surface area (Å²) in [5.41, 5.74) is 0. The first kappa shape index (κ1) is 32.7. The Balaban J connectivity index is -0.000000411. The van der Waals surface area contributed by atoms with Crippen LogP contribution in [0.1, 0.15) is 130 Å². The summed E-state index contributed by atoms with van der Waals surface area (Å²) in [6.45, 7) is 9.16. The van der Waals surface area contributed by atoms with Crippen molar-refractivity contribution in [3.8, 4) is 0 Å². The number of unbranched alkanes of at least 4 members (excludes halogenated alkanes) is 12. The van der Waals surface area contributed by atoms with Gasteiger partial charge in [0.15, 0.2) is 0 Å². The predicted molar refractivity (Wildman–Crippen MR) is 128 cm³/mol. The molecule has 0 saturated carbocycles. The van der Waals surface area contributed by atoms with Crippen molar-refractivity contribution in [1.82, 2.24) is 0 Å². The molecule has 0 unspecified atom stereocenters. The molecule has 27 heavy (non-hydrogen) atoms. The summed E-state index contributed by atoms with van der Waals surface area (Å²) < 4.78 is 0. The van der Waals surface area contributed by atoms with Crippen LogP contribution in [0.2, 0.25) is 21.1 Å². The quantitative estimate of drug-likeness (QED) is 0.141. The Morgan fingerprint density at radius 3 is 0.741 bits per heavy atom. The zero-order valence-corrected chi connectivity index (χ0v) is 22.0. The van der Waals surface area contributed by atoms with Gasteiger partial charge in [-0.3, -0.25) is 0 Å². The number of hydrogen-bond donors (Lipinski definition) is 0. The third-order valence-corrected chi connectivity index (χ3v) is 8.31. The van der Waals surface area contributed by atoms with Crippen LogP contribution in [0.3, 0.4) is 0 Å². The molecule has 0 saturated heterocycles. The van der Waals surface area contributed by atoms with E-state index in [1.54, 1.807) is 21.1 Å². The van der Waals surface area contributed by atoms with E-state index in [9.17, 15) is 0 Å². The van der Waals surface area contributed by atoms with Crippen molar-refractivity contribution in [2.45, 2.75) is 152 Å². The van der Waals surface area contributed by atoms with Crippen molar-refractivity contribution in [1.29, 1.82) is 0 Å². The van der Waals surface area contributed by atoms with Gasteiger partial charge < -0.3 is 5.48 Å². The largest absolute Gasteiger partial charge is 2.00 e. The Morgan fingerprint density at radius 2 is 0.556 bits per heavy atom. The Morgan fingerprint density at radius 1 is 0.333 bits per heavy atom. The third-order valence-electron chi connectivity index (χ3n) is 5.05. The van der Waals surface area contributed by atoms with Crippen molar-refractivity contribution in [3.05, 3.63) is 0 Å². The van der Waals surface area contributed by atoms with Crippen LogP contribution < -0.4 is 0 Å². The van der Waals surface area contributed by atoms with Gasteiger partial charge in [0.05, 0.1) is 0 Å². The zero-order chi connectivity index (χ0) is 19.6. The maximum absolute atomic E-state index is 2.29. The number of rotatable bonds is 20. The second kappa shape index (κ2) is 34.5. The molecular weight excluding hydrogens is 358 g/mol. The molecule has 0 spiro atoms. The second-order valence-electron chi connectivity index (χ2n) is 7.97. The van der Waals surface area contributed by atoms with E-state index in [-0.39, 0.29) is 5.48 Å². The van der Waals surface area contributed by atoms with Gasteiger partial charge in [-0.25, -0.2) is 0 Å². The molecule has 0 N–H and O–H groups in total. The first-order chi connectivity index (χ1) is 12.8. The monoisotopic (exact) mass is 410 g/mol. The molecular formula is C24H52Al2O. The Kier molecular flexibility index (Phi) is 41.8. The minimum absolute atomic E-state index is 0. The molecule has 0 aromatic carbocycles. The number of hydrogen-bond acceptors (Lipinski definition) is 0. The van der Waals surface area contributed by atoms with E-state index in [0.29, 0.717) is 0 Å². The van der Waals surface area contributed by atoms with Crippen LogP contribution in [0.4, 0.5) is 0 Å². The topological polar surface area (TPSA) is 28.5 Å². The summed E-state index contributed by atoms with van der Waals surface area (Å²) in [5.74, 6) is 0. The fraction of sp³-hybridized carbons (Fsp3) is 1.00. The van der Waals surface area contributed by atoms with Gasteiger partial charge in [-0.15, -0.1) is 0 Å². The SMILES string of the molecule is CCCCC[CH2][Al+][CH2]CCCCC.CCCCC[CH2][Al+][CH2]CCCCC.[O-2]. The molecule has 1 nitrogen and oxygen atoms in total. The van der Waals surface area contributed by atoms with Gasteiger partial charge in [-0.1, -0.05) is 0 Å². The average Bonchev–Trinajstić information content (AvgIpc) is 2.66. The molecule has 0 aliphatic rings. The average molecular weight is 411 g/mol. The fourth-order valence-electron chi connectivity index (χ4n) is 3.15. The molecule has 3 heteroatoms. The molecule has 0 aromatic rings. The maximum atomic E-state index is 2.29. The van der Waals surface area contributed by atoms with Crippen LogP contribution in [-0.2, 0) is 5.48 Å². The normalized spacial score (nSPS) is 9.63. The minimum atomic E-state index is 0. The molecule has 0 bridgehead atoms. The van der Waals surface area contributed by atoms with Crippen LogP contribution in [0, 0.1) is 0 Å². The summed E-state index contributed by atoms with van der Waals surface area (Å²) in [4.78, 5) is 0. The van der Waals surface area contributed by atoms with E-state index in [0.717, 1.165) is 30.4 Å². The van der Waals surface area contributed by atoms with E-state index < -0.39 is 0 Å². The van der Waals surface area contributed by atoms with Gasteiger partial charge in [-0.05, 0) is 0 Å². The van der Waals surface area contributed by atoms with E-state index in [2.05, 4.69) is 27.7 Å². The van der Waals surface area contributed by atoms with Gasteiger partial charge in [0, 0.05) is 0 Å². The standard InChI is InChI=1S/4C6H13.2Al.O/c4*1-3-5-6-4-2;;;/h4*1,3-6H2,2H3;;;/q;;;;2*+1;-2. The van der Waals surface area contributed by atoms with Gasteiger partial charge in [0.2, 0.25) is 0 Å². The zero-order valence-electron chi connectivity index (χ0n) is 19.7. The predicted octanol–water partition coefficient (Wildman–Crippen LogP) is 9.26. The summed E-state index contributed by atoms with van der Waals surface area (Å²) in [5, 5.41) is 6.25. The summed E-state index contributed by atoms with van der Waals surface area (Å²) in [6.07, 6.45) is 23.3. The molecule has 160 valence electrons. The van der Waals surface area contributed by atoms with Crippen LogP contribution in [-0.4, -0.2) is 30.4 Å². The Bertz CT molecular complexity index is 171. The third kappa shape index (κ3) is 38.3. The molecule has 0 heterocycles. The smallest absolute Gasteiger partial charge is 2.00 e. The molecule has 0 radical (unpaired) electrons. The van der Waals surface area contributed by atoms with Crippen LogP contribution in [0.25, 0.3) is 0 Å². The first-order valence-corrected chi connectivity index (χ1v) is 15.7. The second-order valence-corrected chi connectivity index (χ2v) is 11.4.